The molecular weight excluding hydrogens is 332 g/mol. The zero-order chi connectivity index (χ0) is 17.9. The molecule has 0 amide bonds. The molecule has 1 aliphatic rings. The van der Waals surface area contributed by atoms with Crippen molar-refractivity contribution < 1.29 is 9.53 Å². The van der Waals surface area contributed by atoms with Gasteiger partial charge in [-0.25, -0.2) is 14.8 Å². The van der Waals surface area contributed by atoms with Crippen molar-refractivity contribution in [1.82, 2.24) is 9.97 Å². The molecule has 0 fully saturated rings. The highest BCUT2D eigenvalue weighted by Crippen LogP contribution is 2.41. The van der Waals surface area contributed by atoms with E-state index in [4.69, 9.17) is 4.74 Å². The molecule has 1 aromatic heterocycles. The Hall–Kier alpha value is -2.32. The molecule has 5 heteroatoms. The van der Waals surface area contributed by atoms with Crippen LogP contribution in [-0.2, 0) is 10.2 Å². The van der Waals surface area contributed by atoms with Crippen LogP contribution in [0.4, 0.5) is 0 Å². The average Bonchev–Trinajstić information content (AvgIpc) is 2.61. The Bertz CT molecular complexity index is 848. The summed E-state index contributed by atoms with van der Waals surface area (Å²) in [5, 5.41) is 0. The minimum atomic E-state index is -0.469. The second-order valence-electron chi connectivity index (χ2n) is 6.45. The van der Waals surface area contributed by atoms with Gasteiger partial charge in [-0.2, -0.15) is 0 Å². The van der Waals surface area contributed by atoms with E-state index in [2.05, 4.69) is 47.8 Å². The predicted molar refractivity (Wildman–Crippen MR) is 98.8 cm³/mol. The van der Waals surface area contributed by atoms with E-state index in [0.29, 0.717) is 12.3 Å². The molecule has 2 aromatic rings. The van der Waals surface area contributed by atoms with Crippen molar-refractivity contribution in [3.63, 3.8) is 0 Å². The highest BCUT2D eigenvalue weighted by atomic mass is 32.2. The van der Waals surface area contributed by atoms with Crippen LogP contribution in [0.5, 0.6) is 0 Å². The van der Waals surface area contributed by atoms with Gasteiger partial charge in [0, 0.05) is 10.5 Å². The molecule has 0 bridgehead atoms. The number of benzene rings is 1. The third-order valence-electron chi connectivity index (χ3n) is 4.16. The quantitative estimate of drug-likeness (QED) is 0.607. The van der Waals surface area contributed by atoms with Gasteiger partial charge in [-0.15, -0.1) is 11.8 Å². The number of esters is 1. The lowest BCUT2D eigenvalue weighted by Gasteiger charge is -2.32. The van der Waals surface area contributed by atoms with Crippen molar-refractivity contribution >= 4 is 17.7 Å². The molecule has 25 heavy (non-hydrogen) atoms. The molecule has 0 atom stereocenters. The minimum Gasteiger partial charge on any atom is -0.461 e. The molecule has 128 valence electrons. The van der Waals surface area contributed by atoms with Crippen LogP contribution in [-0.4, -0.2) is 28.3 Å². The average molecular weight is 352 g/mol. The van der Waals surface area contributed by atoms with Gasteiger partial charge in [0.25, 0.3) is 0 Å². The number of carbonyl (C=O) groups excluding carboxylic acids is 1. The van der Waals surface area contributed by atoms with Crippen LogP contribution in [0.2, 0.25) is 0 Å². The summed E-state index contributed by atoms with van der Waals surface area (Å²) in [5.41, 5.74) is 3.23. The summed E-state index contributed by atoms with van der Waals surface area (Å²) in [7, 11) is 0. The van der Waals surface area contributed by atoms with Gasteiger partial charge in [-0.05, 0) is 54.2 Å². The molecule has 4 nitrogen and oxygen atoms in total. The Morgan fingerprint density at radius 2 is 2.12 bits per heavy atom. The first-order valence-electron chi connectivity index (χ1n) is 8.28. The zero-order valence-corrected chi connectivity index (χ0v) is 15.4. The van der Waals surface area contributed by atoms with Crippen LogP contribution < -0.4 is 0 Å². The molecule has 0 saturated carbocycles. The fraction of sp³-hybridized carbons (Fsp3) is 0.350. The maximum Gasteiger partial charge on any atom is 0.358 e. The van der Waals surface area contributed by atoms with Crippen LogP contribution in [0, 0.1) is 11.8 Å². The molecule has 2 heterocycles. The lowest BCUT2D eigenvalue weighted by Crippen LogP contribution is -2.22. The van der Waals surface area contributed by atoms with E-state index >= 15 is 0 Å². The standard InChI is InChI=1S/C20H20N2O2S/c1-4-24-19(23)17-13-21-15(12-22-17)7-5-14-6-8-18-16(11-14)20(2,3)9-10-25-18/h6,8,11-13H,4,9-10H2,1-3H3. The van der Waals surface area contributed by atoms with Crippen LogP contribution in [0.15, 0.2) is 35.5 Å². The van der Waals surface area contributed by atoms with E-state index in [1.54, 1.807) is 6.92 Å². The molecule has 0 radical (unpaired) electrons. The van der Waals surface area contributed by atoms with E-state index in [9.17, 15) is 4.79 Å². The number of carbonyl (C=O) groups is 1. The van der Waals surface area contributed by atoms with E-state index in [0.717, 1.165) is 11.3 Å². The van der Waals surface area contributed by atoms with Gasteiger partial charge >= 0.3 is 5.97 Å². The summed E-state index contributed by atoms with van der Waals surface area (Å²) in [5.74, 6) is 6.85. The number of aromatic nitrogens is 2. The minimum absolute atomic E-state index is 0.180. The van der Waals surface area contributed by atoms with Gasteiger partial charge in [-0.3, -0.25) is 0 Å². The molecule has 0 N–H and O–H groups in total. The monoisotopic (exact) mass is 352 g/mol. The smallest absolute Gasteiger partial charge is 0.358 e. The zero-order valence-electron chi connectivity index (χ0n) is 14.6. The van der Waals surface area contributed by atoms with Crippen LogP contribution >= 0.6 is 11.8 Å². The predicted octanol–water partition coefficient (Wildman–Crippen LogP) is 3.83. The van der Waals surface area contributed by atoms with Gasteiger partial charge in [-0.1, -0.05) is 19.8 Å². The number of fused-ring (bicyclic) bond motifs is 1. The second kappa shape index (κ2) is 7.28. The Balaban J connectivity index is 1.81. The number of hydrogen-bond donors (Lipinski definition) is 0. The number of nitrogens with zero attached hydrogens (tertiary/aromatic N) is 2. The third kappa shape index (κ3) is 4.02. The van der Waals surface area contributed by atoms with Crippen molar-refractivity contribution in [2.45, 2.75) is 37.5 Å². The highest BCUT2D eigenvalue weighted by molar-refractivity contribution is 7.99. The van der Waals surface area contributed by atoms with E-state index in [1.807, 2.05) is 17.8 Å². The normalized spacial score (nSPS) is 14.8. The highest BCUT2D eigenvalue weighted by Gasteiger charge is 2.27. The van der Waals surface area contributed by atoms with Gasteiger partial charge in [0.15, 0.2) is 5.69 Å². The van der Waals surface area contributed by atoms with Crippen molar-refractivity contribution in [3.8, 4) is 11.8 Å². The van der Waals surface area contributed by atoms with Gasteiger partial charge in [0.1, 0.15) is 5.69 Å². The SMILES string of the molecule is CCOC(=O)c1cnc(C#Cc2ccc3c(c2)C(C)(C)CCS3)cn1. The summed E-state index contributed by atoms with van der Waals surface area (Å²) < 4.78 is 4.89. The summed E-state index contributed by atoms with van der Waals surface area (Å²) >= 11 is 1.91. The first kappa shape index (κ1) is 17.5. The number of ether oxygens (including phenoxy) is 1. The Morgan fingerprint density at radius 1 is 1.28 bits per heavy atom. The van der Waals surface area contributed by atoms with Crippen LogP contribution in [0.25, 0.3) is 0 Å². The molecule has 0 unspecified atom stereocenters. The van der Waals surface area contributed by atoms with Gasteiger partial charge in [0.2, 0.25) is 0 Å². The largest absolute Gasteiger partial charge is 0.461 e. The number of thioether (sulfide) groups is 1. The number of rotatable bonds is 2. The van der Waals surface area contributed by atoms with Crippen molar-refractivity contribution in [2.75, 3.05) is 12.4 Å². The van der Waals surface area contributed by atoms with Crippen molar-refractivity contribution in [2.24, 2.45) is 0 Å². The molecule has 0 saturated heterocycles. The molecule has 1 aliphatic heterocycles. The first-order chi connectivity index (χ1) is 12.0. The van der Waals surface area contributed by atoms with E-state index in [1.165, 1.54) is 29.3 Å². The lowest BCUT2D eigenvalue weighted by atomic mass is 9.81. The van der Waals surface area contributed by atoms with Crippen LogP contribution in [0.3, 0.4) is 0 Å². The summed E-state index contributed by atoms with van der Waals surface area (Å²) in [6.07, 6.45) is 4.06. The fourth-order valence-electron chi connectivity index (χ4n) is 2.65. The summed E-state index contributed by atoms with van der Waals surface area (Å²) in [6, 6.07) is 6.37. The third-order valence-corrected chi connectivity index (χ3v) is 5.24. The maximum atomic E-state index is 11.6. The van der Waals surface area contributed by atoms with Crippen molar-refractivity contribution in [3.05, 3.63) is 53.1 Å². The summed E-state index contributed by atoms with van der Waals surface area (Å²) in [6.45, 7) is 6.63. The molecule has 3 rings (SSSR count). The van der Waals surface area contributed by atoms with Gasteiger partial charge in [0.05, 0.1) is 19.0 Å². The van der Waals surface area contributed by atoms with Crippen molar-refractivity contribution in [1.29, 1.82) is 0 Å². The number of hydrogen-bond acceptors (Lipinski definition) is 5. The molecule has 1 aromatic carbocycles. The Kier molecular flexibility index (Phi) is 5.10. The topological polar surface area (TPSA) is 52.1 Å². The van der Waals surface area contributed by atoms with Crippen LogP contribution in [0.1, 0.15) is 54.5 Å². The second-order valence-corrected chi connectivity index (χ2v) is 7.59. The molecule has 0 spiro atoms. The Labute approximate surface area is 152 Å². The van der Waals surface area contributed by atoms with E-state index < -0.39 is 5.97 Å². The van der Waals surface area contributed by atoms with E-state index in [-0.39, 0.29) is 11.1 Å². The lowest BCUT2D eigenvalue weighted by molar-refractivity contribution is 0.0519. The van der Waals surface area contributed by atoms with Gasteiger partial charge < -0.3 is 4.74 Å². The summed E-state index contributed by atoms with van der Waals surface area (Å²) in [4.78, 5) is 21.1. The maximum absolute atomic E-state index is 11.6. The molecule has 0 aliphatic carbocycles. The first-order valence-corrected chi connectivity index (χ1v) is 9.26. The Morgan fingerprint density at radius 3 is 2.84 bits per heavy atom. The fourth-order valence-corrected chi connectivity index (χ4v) is 4.14. The molecular formula is C20H20N2O2S.